The highest BCUT2D eigenvalue weighted by molar-refractivity contribution is 5.87. The molecule has 1 aliphatic heterocycles. The zero-order valence-corrected chi connectivity index (χ0v) is 10.7. The Morgan fingerprint density at radius 1 is 1.21 bits per heavy atom. The van der Waals surface area contributed by atoms with E-state index in [1.165, 1.54) is 0 Å². The van der Waals surface area contributed by atoms with Crippen LogP contribution in [0.5, 0.6) is 0 Å². The molecule has 1 amide bonds. The third-order valence-corrected chi connectivity index (χ3v) is 4.55. The number of aliphatic carboxylic acids is 1. The topological polar surface area (TPSA) is 75.6 Å². The highest BCUT2D eigenvalue weighted by atomic mass is 16.5. The Balaban J connectivity index is 1.68. The lowest BCUT2D eigenvalue weighted by Crippen LogP contribution is -2.47. The molecule has 19 heavy (non-hydrogen) atoms. The van der Waals surface area contributed by atoms with Crippen LogP contribution < -0.4 is 5.32 Å². The van der Waals surface area contributed by atoms with Crippen molar-refractivity contribution in [2.75, 3.05) is 13.2 Å². The number of carbonyl (C=O) groups excluding carboxylic acids is 1. The fourth-order valence-corrected chi connectivity index (χ4v) is 3.67. The third kappa shape index (κ3) is 2.27. The van der Waals surface area contributed by atoms with Gasteiger partial charge in [-0.05, 0) is 31.1 Å². The summed E-state index contributed by atoms with van der Waals surface area (Å²) in [7, 11) is 0. The fraction of sp³-hybridized carbons (Fsp3) is 0.714. The molecule has 2 aliphatic carbocycles. The zero-order chi connectivity index (χ0) is 13.4. The Bertz CT molecular complexity index is 414. The molecule has 5 nitrogen and oxygen atoms in total. The monoisotopic (exact) mass is 265 g/mol. The number of hydrogen-bond acceptors (Lipinski definition) is 3. The second-order valence-corrected chi connectivity index (χ2v) is 5.76. The molecule has 1 saturated heterocycles. The highest BCUT2D eigenvalue weighted by Crippen LogP contribution is 2.48. The molecule has 2 bridgehead atoms. The maximum Gasteiger partial charge on any atom is 0.307 e. The first-order valence-corrected chi connectivity index (χ1v) is 6.96. The van der Waals surface area contributed by atoms with E-state index in [4.69, 9.17) is 4.74 Å². The van der Waals surface area contributed by atoms with Gasteiger partial charge in [-0.2, -0.15) is 0 Å². The minimum atomic E-state index is -0.850. The molecule has 5 atom stereocenters. The Kier molecular flexibility index (Phi) is 3.31. The standard InChI is InChI=1S/C14H19NO4/c16-13(15-10-2-1-5-19-7-10)11-8-3-4-9(6-8)12(11)14(17)18/h3-4,8-12H,1-2,5-7H2,(H,15,16)(H,17,18). The first kappa shape index (κ1) is 12.7. The van der Waals surface area contributed by atoms with Gasteiger partial charge in [0.2, 0.25) is 5.91 Å². The zero-order valence-electron chi connectivity index (χ0n) is 10.7. The van der Waals surface area contributed by atoms with Crippen LogP contribution in [0.15, 0.2) is 12.2 Å². The number of nitrogens with one attached hydrogen (secondary N) is 1. The van der Waals surface area contributed by atoms with Gasteiger partial charge in [0.05, 0.1) is 24.5 Å². The minimum absolute atomic E-state index is 0.0286. The maximum absolute atomic E-state index is 12.4. The quantitative estimate of drug-likeness (QED) is 0.740. The lowest BCUT2D eigenvalue weighted by atomic mass is 9.82. The van der Waals surface area contributed by atoms with Gasteiger partial charge in [-0.1, -0.05) is 12.2 Å². The summed E-state index contributed by atoms with van der Waals surface area (Å²) < 4.78 is 5.34. The number of amides is 1. The number of hydrogen-bond donors (Lipinski definition) is 2. The molecule has 3 aliphatic rings. The van der Waals surface area contributed by atoms with Crippen molar-refractivity contribution in [2.45, 2.75) is 25.3 Å². The Labute approximate surface area is 112 Å². The van der Waals surface area contributed by atoms with Crippen molar-refractivity contribution in [2.24, 2.45) is 23.7 Å². The smallest absolute Gasteiger partial charge is 0.307 e. The molecule has 104 valence electrons. The molecule has 5 unspecified atom stereocenters. The molecule has 2 N–H and O–H groups in total. The van der Waals surface area contributed by atoms with Crippen LogP contribution >= 0.6 is 0 Å². The average Bonchev–Trinajstić information content (AvgIpc) is 2.99. The molecule has 0 spiro atoms. The molecule has 1 saturated carbocycles. The molecule has 5 heteroatoms. The third-order valence-electron chi connectivity index (χ3n) is 4.55. The van der Waals surface area contributed by atoms with Crippen LogP contribution in [0.4, 0.5) is 0 Å². The van der Waals surface area contributed by atoms with E-state index in [2.05, 4.69) is 5.32 Å². The normalized spacial score (nSPS) is 40.3. The number of allylic oxidation sites excluding steroid dienone is 2. The van der Waals surface area contributed by atoms with E-state index in [1.807, 2.05) is 12.2 Å². The van der Waals surface area contributed by atoms with E-state index >= 15 is 0 Å². The molecule has 2 fully saturated rings. The second-order valence-electron chi connectivity index (χ2n) is 5.76. The van der Waals surface area contributed by atoms with Crippen LogP contribution in [0.1, 0.15) is 19.3 Å². The summed E-state index contributed by atoms with van der Waals surface area (Å²) in [5, 5.41) is 12.3. The molecule has 3 rings (SSSR count). The minimum Gasteiger partial charge on any atom is -0.481 e. The molecule has 1 heterocycles. The largest absolute Gasteiger partial charge is 0.481 e. The first-order chi connectivity index (χ1) is 9.16. The van der Waals surface area contributed by atoms with Gasteiger partial charge in [-0.3, -0.25) is 9.59 Å². The van der Waals surface area contributed by atoms with Gasteiger partial charge in [0.1, 0.15) is 0 Å². The van der Waals surface area contributed by atoms with E-state index in [1.54, 1.807) is 0 Å². The number of rotatable bonds is 3. The van der Waals surface area contributed by atoms with Crippen LogP contribution in [-0.2, 0) is 14.3 Å². The van der Waals surface area contributed by atoms with E-state index in [0.717, 1.165) is 25.9 Å². The van der Waals surface area contributed by atoms with Crippen LogP contribution in [0.3, 0.4) is 0 Å². The van der Waals surface area contributed by atoms with E-state index in [9.17, 15) is 14.7 Å². The summed E-state index contributed by atoms with van der Waals surface area (Å²) in [6.07, 6.45) is 6.63. The average molecular weight is 265 g/mol. The Morgan fingerprint density at radius 2 is 1.95 bits per heavy atom. The van der Waals surface area contributed by atoms with Crippen molar-refractivity contribution in [3.05, 3.63) is 12.2 Å². The van der Waals surface area contributed by atoms with Gasteiger partial charge >= 0.3 is 5.97 Å². The van der Waals surface area contributed by atoms with Gasteiger partial charge in [0.15, 0.2) is 0 Å². The van der Waals surface area contributed by atoms with Gasteiger partial charge in [0, 0.05) is 6.61 Å². The SMILES string of the molecule is O=C(O)C1C2C=CC(C2)C1C(=O)NC1CCCOC1. The van der Waals surface area contributed by atoms with E-state index in [-0.39, 0.29) is 23.8 Å². The van der Waals surface area contributed by atoms with Gasteiger partial charge in [0.25, 0.3) is 0 Å². The number of carboxylic acids is 1. The molecule has 0 radical (unpaired) electrons. The number of carbonyl (C=O) groups is 2. The molecular formula is C14H19NO4. The van der Waals surface area contributed by atoms with Crippen molar-refractivity contribution in [1.82, 2.24) is 5.32 Å². The predicted molar refractivity (Wildman–Crippen MR) is 67.3 cm³/mol. The van der Waals surface area contributed by atoms with Crippen molar-refractivity contribution in [1.29, 1.82) is 0 Å². The molecular weight excluding hydrogens is 246 g/mol. The van der Waals surface area contributed by atoms with Crippen molar-refractivity contribution in [3.8, 4) is 0 Å². The number of carboxylic acid groups (broad SMARTS) is 1. The van der Waals surface area contributed by atoms with Crippen molar-refractivity contribution in [3.63, 3.8) is 0 Å². The van der Waals surface area contributed by atoms with E-state index < -0.39 is 17.8 Å². The Hall–Kier alpha value is -1.36. The number of ether oxygens (including phenoxy) is 1. The van der Waals surface area contributed by atoms with E-state index in [0.29, 0.717) is 6.61 Å². The van der Waals surface area contributed by atoms with Gasteiger partial charge in [-0.25, -0.2) is 0 Å². The van der Waals surface area contributed by atoms with Gasteiger partial charge < -0.3 is 15.2 Å². The summed E-state index contributed by atoms with van der Waals surface area (Å²) in [6, 6.07) is 0.0406. The van der Waals surface area contributed by atoms with Crippen molar-refractivity contribution >= 4 is 11.9 Å². The maximum atomic E-state index is 12.4. The Morgan fingerprint density at radius 3 is 2.58 bits per heavy atom. The predicted octanol–water partition coefficient (Wildman–Crippen LogP) is 0.804. The van der Waals surface area contributed by atoms with Crippen LogP contribution in [0.2, 0.25) is 0 Å². The second kappa shape index (κ2) is 4.96. The number of fused-ring (bicyclic) bond motifs is 2. The molecule has 0 aromatic carbocycles. The lowest BCUT2D eigenvalue weighted by Gasteiger charge is -2.28. The fourth-order valence-electron chi connectivity index (χ4n) is 3.67. The summed E-state index contributed by atoms with van der Waals surface area (Å²) in [5.74, 6) is -1.80. The van der Waals surface area contributed by atoms with Crippen LogP contribution in [0.25, 0.3) is 0 Å². The summed E-state index contributed by atoms with van der Waals surface area (Å²) in [5.41, 5.74) is 0. The molecule has 0 aromatic rings. The lowest BCUT2D eigenvalue weighted by molar-refractivity contribution is -0.148. The summed E-state index contributed by atoms with van der Waals surface area (Å²) >= 11 is 0. The summed E-state index contributed by atoms with van der Waals surface area (Å²) in [6.45, 7) is 1.29. The highest BCUT2D eigenvalue weighted by Gasteiger charge is 2.51. The van der Waals surface area contributed by atoms with Gasteiger partial charge in [-0.15, -0.1) is 0 Å². The van der Waals surface area contributed by atoms with Crippen molar-refractivity contribution < 1.29 is 19.4 Å². The van der Waals surface area contributed by atoms with Crippen LogP contribution in [0, 0.1) is 23.7 Å². The first-order valence-electron chi connectivity index (χ1n) is 6.96. The summed E-state index contributed by atoms with van der Waals surface area (Å²) in [4.78, 5) is 23.7. The van der Waals surface area contributed by atoms with Crippen LogP contribution in [-0.4, -0.2) is 36.2 Å². The molecule has 0 aromatic heterocycles.